The first-order valence-corrected chi connectivity index (χ1v) is 10.5. The predicted molar refractivity (Wildman–Crippen MR) is 134 cm³/mol. The molecular formula is C25H18ClN3O2S. The number of hydrogen-bond donors (Lipinski definition) is 2. The Morgan fingerprint density at radius 1 is 0.906 bits per heavy atom. The van der Waals surface area contributed by atoms with Crippen LogP contribution in [0.1, 0.15) is 15.9 Å². The molecule has 0 unspecified atom stereocenters. The number of carbonyl (C=O) groups is 1. The summed E-state index contributed by atoms with van der Waals surface area (Å²) in [5.74, 6) is -0.184. The highest BCUT2D eigenvalue weighted by Gasteiger charge is 2.15. The van der Waals surface area contributed by atoms with Crippen molar-refractivity contribution in [3.8, 4) is 5.75 Å². The zero-order chi connectivity index (χ0) is 22.3. The maximum absolute atomic E-state index is 12.7. The minimum atomic E-state index is -0.547. The minimum Gasteiger partial charge on any atom is -0.422 e. The van der Waals surface area contributed by atoms with Gasteiger partial charge in [-0.25, -0.2) is 4.79 Å². The molecule has 0 fully saturated rings. The Morgan fingerprint density at radius 3 is 2.44 bits per heavy atom. The molecule has 0 aliphatic heterocycles. The van der Waals surface area contributed by atoms with E-state index in [-0.39, 0.29) is 5.56 Å². The molecular weight excluding hydrogens is 442 g/mol. The molecule has 0 aromatic heterocycles. The zero-order valence-corrected chi connectivity index (χ0v) is 18.4. The predicted octanol–water partition coefficient (Wildman–Crippen LogP) is 6.03. The van der Waals surface area contributed by atoms with Crippen molar-refractivity contribution in [1.29, 1.82) is 0 Å². The first kappa shape index (κ1) is 21.5. The number of halogens is 1. The highest BCUT2D eigenvalue weighted by atomic mass is 35.5. The molecule has 2 N–H and O–H groups in total. The quantitative estimate of drug-likeness (QED) is 0.125. The van der Waals surface area contributed by atoms with Crippen molar-refractivity contribution in [2.45, 2.75) is 0 Å². The van der Waals surface area contributed by atoms with Crippen LogP contribution in [0.25, 0.3) is 10.8 Å². The van der Waals surface area contributed by atoms with E-state index in [0.717, 1.165) is 16.5 Å². The van der Waals surface area contributed by atoms with Crippen molar-refractivity contribution in [3.05, 3.63) is 107 Å². The number of thiocarbonyl (C=S) groups is 1. The number of fused-ring (bicyclic) bond motifs is 1. The number of hydrazone groups is 1. The van der Waals surface area contributed by atoms with Crippen LogP contribution in [0.15, 0.2) is 96.1 Å². The molecule has 0 atom stereocenters. The highest BCUT2D eigenvalue weighted by molar-refractivity contribution is 7.80. The normalized spacial score (nSPS) is 10.8. The van der Waals surface area contributed by atoms with Gasteiger partial charge in [-0.2, -0.15) is 5.10 Å². The average Bonchev–Trinajstić information content (AvgIpc) is 2.81. The van der Waals surface area contributed by atoms with Crippen molar-refractivity contribution in [3.63, 3.8) is 0 Å². The standard InChI is InChI=1S/C25H18ClN3O2S/c26-22-13-7-6-12-20(22)24(30)31-23-15-14-17-8-4-5-11-19(17)21(23)16-27-29-25(32)28-18-9-2-1-3-10-18/h1-16H,(H2,28,29,32)/b27-16-. The Kier molecular flexibility index (Phi) is 6.75. The summed E-state index contributed by atoms with van der Waals surface area (Å²) < 4.78 is 5.68. The Bertz CT molecular complexity index is 1310. The van der Waals surface area contributed by atoms with Gasteiger partial charge in [0.25, 0.3) is 0 Å². The largest absolute Gasteiger partial charge is 0.422 e. The van der Waals surface area contributed by atoms with Crippen molar-refractivity contribution in [2.75, 3.05) is 5.32 Å². The molecule has 4 aromatic carbocycles. The third-order valence-corrected chi connectivity index (χ3v) is 5.14. The molecule has 0 aliphatic carbocycles. The van der Waals surface area contributed by atoms with Gasteiger partial charge in [0.15, 0.2) is 5.11 Å². The van der Waals surface area contributed by atoms with Crippen LogP contribution in [0.5, 0.6) is 5.75 Å². The van der Waals surface area contributed by atoms with Crippen LogP contribution in [0, 0.1) is 0 Å². The number of carbonyl (C=O) groups excluding carboxylic acids is 1. The molecule has 0 bridgehead atoms. The van der Waals surface area contributed by atoms with Gasteiger partial charge < -0.3 is 10.1 Å². The SMILES string of the molecule is O=C(Oc1ccc2ccccc2c1/C=N\NC(=S)Nc1ccccc1)c1ccccc1Cl. The van der Waals surface area contributed by atoms with Gasteiger partial charge in [-0.15, -0.1) is 0 Å². The lowest BCUT2D eigenvalue weighted by molar-refractivity contribution is 0.0735. The van der Waals surface area contributed by atoms with Gasteiger partial charge in [-0.05, 0) is 53.3 Å². The molecule has 0 saturated heterocycles. The summed E-state index contributed by atoms with van der Waals surface area (Å²) in [4.78, 5) is 12.7. The van der Waals surface area contributed by atoms with Gasteiger partial charge >= 0.3 is 5.97 Å². The Hall–Kier alpha value is -3.74. The van der Waals surface area contributed by atoms with E-state index in [1.807, 2.05) is 60.7 Å². The monoisotopic (exact) mass is 459 g/mol. The molecule has 4 aromatic rings. The second-order valence-electron chi connectivity index (χ2n) is 6.76. The van der Waals surface area contributed by atoms with Crippen molar-refractivity contribution >= 4 is 57.6 Å². The number of benzene rings is 4. The molecule has 5 nitrogen and oxygen atoms in total. The highest BCUT2D eigenvalue weighted by Crippen LogP contribution is 2.28. The van der Waals surface area contributed by atoms with E-state index >= 15 is 0 Å². The lowest BCUT2D eigenvalue weighted by Crippen LogP contribution is -2.23. The van der Waals surface area contributed by atoms with Gasteiger partial charge in [0, 0.05) is 11.3 Å². The van der Waals surface area contributed by atoms with Gasteiger partial charge in [0.2, 0.25) is 0 Å². The van der Waals surface area contributed by atoms with E-state index in [1.54, 1.807) is 36.5 Å². The van der Waals surface area contributed by atoms with Crippen LogP contribution in [-0.4, -0.2) is 17.3 Å². The maximum atomic E-state index is 12.7. The van der Waals surface area contributed by atoms with E-state index in [4.69, 9.17) is 28.6 Å². The fourth-order valence-corrected chi connectivity index (χ4v) is 3.50. The van der Waals surface area contributed by atoms with E-state index in [1.165, 1.54) is 0 Å². The molecule has 0 spiro atoms. The minimum absolute atomic E-state index is 0.288. The summed E-state index contributed by atoms with van der Waals surface area (Å²) >= 11 is 11.4. The van der Waals surface area contributed by atoms with E-state index in [9.17, 15) is 4.79 Å². The zero-order valence-electron chi connectivity index (χ0n) is 16.8. The maximum Gasteiger partial charge on any atom is 0.345 e. The molecule has 0 amide bonds. The number of esters is 1. The summed E-state index contributed by atoms with van der Waals surface area (Å²) in [6.45, 7) is 0. The molecule has 0 heterocycles. The van der Waals surface area contributed by atoms with Gasteiger partial charge in [-0.1, -0.05) is 72.3 Å². The molecule has 0 radical (unpaired) electrons. The summed E-state index contributed by atoms with van der Waals surface area (Å²) in [5.41, 5.74) is 4.57. The van der Waals surface area contributed by atoms with Gasteiger partial charge in [0.05, 0.1) is 16.8 Å². The van der Waals surface area contributed by atoms with E-state index in [2.05, 4.69) is 15.8 Å². The van der Waals surface area contributed by atoms with Crippen molar-refractivity contribution < 1.29 is 9.53 Å². The van der Waals surface area contributed by atoms with Gasteiger partial charge in [-0.3, -0.25) is 5.43 Å². The van der Waals surface area contributed by atoms with Crippen LogP contribution in [0.2, 0.25) is 5.02 Å². The molecule has 4 rings (SSSR count). The van der Waals surface area contributed by atoms with Crippen LogP contribution in [0.3, 0.4) is 0 Å². The third kappa shape index (κ3) is 5.11. The Balaban J connectivity index is 1.59. The molecule has 32 heavy (non-hydrogen) atoms. The number of para-hydroxylation sites is 1. The average molecular weight is 460 g/mol. The molecule has 7 heteroatoms. The van der Waals surface area contributed by atoms with Crippen LogP contribution in [0.4, 0.5) is 5.69 Å². The third-order valence-electron chi connectivity index (χ3n) is 4.62. The number of hydrogen-bond acceptors (Lipinski definition) is 4. The Morgan fingerprint density at radius 2 is 1.62 bits per heavy atom. The smallest absolute Gasteiger partial charge is 0.345 e. The van der Waals surface area contributed by atoms with Crippen LogP contribution in [-0.2, 0) is 0 Å². The Labute approximate surface area is 195 Å². The van der Waals surface area contributed by atoms with Crippen molar-refractivity contribution in [2.24, 2.45) is 5.10 Å². The lowest BCUT2D eigenvalue weighted by atomic mass is 10.0. The number of anilines is 1. The van der Waals surface area contributed by atoms with E-state index in [0.29, 0.717) is 21.4 Å². The molecule has 158 valence electrons. The number of rotatable bonds is 5. The second kappa shape index (κ2) is 10.0. The van der Waals surface area contributed by atoms with Gasteiger partial charge in [0.1, 0.15) is 5.75 Å². The van der Waals surface area contributed by atoms with Crippen LogP contribution >= 0.6 is 23.8 Å². The summed E-state index contributed by atoms with van der Waals surface area (Å²) in [5, 5.41) is 9.82. The summed E-state index contributed by atoms with van der Waals surface area (Å²) in [6, 6.07) is 27.7. The summed E-state index contributed by atoms with van der Waals surface area (Å²) in [7, 11) is 0. The number of nitrogens with zero attached hydrogens (tertiary/aromatic N) is 1. The topological polar surface area (TPSA) is 62.7 Å². The fraction of sp³-hybridized carbons (Fsp3) is 0. The van der Waals surface area contributed by atoms with Crippen molar-refractivity contribution in [1.82, 2.24) is 5.43 Å². The fourth-order valence-electron chi connectivity index (χ4n) is 3.12. The lowest BCUT2D eigenvalue weighted by Gasteiger charge is -2.11. The number of ether oxygens (including phenoxy) is 1. The van der Waals surface area contributed by atoms with Crippen LogP contribution < -0.4 is 15.5 Å². The van der Waals surface area contributed by atoms with E-state index < -0.39 is 5.97 Å². The first-order chi connectivity index (χ1) is 15.6. The first-order valence-electron chi connectivity index (χ1n) is 9.75. The second-order valence-corrected chi connectivity index (χ2v) is 7.57. The number of nitrogens with one attached hydrogen (secondary N) is 2. The molecule has 0 aliphatic rings. The summed E-state index contributed by atoms with van der Waals surface area (Å²) in [6.07, 6.45) is 1.58. The molecule has 0 saturated carbocycles.